The summed E-state index contributed by atoms with van der Waals surface area (Å²) in [5.74, 6) is 0.327. The van der Waals surface area contributed by atoms with Crippen LogP contribution in [-0.2, 0) is 9.53 Å². The molecule has 0 spiro atoms. The van der Waals surface area contributed by atoms with Crippen LogP contribution >= 0.6 is 0 Å². The van der Waals surface area contributed by atoms with Gasteiger partial charge in [-0.25, -0.2) is 4.79 Å². The van der Waals surface area contributed by atoms with E-state index in [2.05, 4.69) is 5.32 Å². The molecule has 0 aliphatic heterocycles. The molecule has 1 fully saturated rings. The molecule has 92 valence electrons. The first-order chi connectivity index (χ1) is 7.28. The molecule has 1 aliphatic rings. The Morgan fingerprint density at radius 3 is 2.31 bits per heavy atom. The molecule has 0 heterocycles. The van der Waals surface area contributed by atoms with E-state index in [1.807, 2.05) is 20.8 Å². The zero-order valence-electron chi connectivity index (χ0n) is 10.5. The minimum Gasteiger partial charge on any atom is -0.444 e. The molecule has 0 saturated heterocycles. The molecule has 0 bridgehead atoms. The van der Waals surface area contributed by atoms with Gasteiger partial charge in [-0.15, -0.1) is 0 Å². The van der Waals surface area contributed by atoms with Gasteiger partial charge < -0.3 is 10.1 Å². The van der Waals surface area contributed by atoms with Crippen molar-refractivity contribution in [2.45, 2.75) is 58.6 Å². The molecule has 0 aromatic rings. The number of Topliss-reactive ketones (excluding diaryl/α,β-unsaturated/α-hetero) is 1. The summed E-state index contributed by atoms with van der Waals surface area (Å²) in [6.45, 7) is 7.11. The van der Waals surface area contributed by atoms with Gasteiger partial charge in [0.1, 0.15) is 11.4 Å². The highest BCUT2D eigenvalue weighted by Crippen LogP contribution is 2.26. The molecule has 2 atom stereocenters. The summed E-state index contributed by atoms with van der Waals surface area (Å²) in [5.41, 5.74) is -0.470. The third-order valence-electron chi connectivity index (χ3n) is 2.73. The second-order valence-corrected chi connectivity index (χ2v) is 5.46. The Labute approximate surface area is 96.7 Å². The molecule has 1 aliphatic carbocycles. The van der Waals surface area contributed by atoms with Crippen molar-refractivity contribution in [2.75, 3.05) is 0 Å². The van der Waals surface area contributed by atoms with E-state index < -0.39 is 5.60 Å². The highest BCUT2D eigenvalue weighted by Gasteiger charge is 2.29. The molecule has 1 N–H and O–H groups in total. The third-order valence-corrected chi connectivity index (χ3v) is 2.73. The van der Waals surface area contributed by atoms with E-state index in [-0.39, 0.29) is 23.8 Å². The number of carbonyl (C=O) groups excluding carboxylic acids is 2. The summed E-state index contributed by atoms with van der Waals surface area (Å²) in [6.07, 6.45) is 2.09. The van der Waals surface area contributed by atoms with Crippen molar-refractivity contribution in [2.24, 2.45) is 5.92 Å². The topological polar surface area (TPSA) is 55.4 Å². The summed E-state index contributed by atoms with van der Waals surface area (Å²) >= 11 is 0. The first-order valence-electron chi connectivity index (χ1n) is 5.78. The fraction of sp³-hybridized carbons (Fsp3) is 0.833. The first-order valence-corrected chi connectivity index (χ1v) is 5.78. The van der Waals surface area contributed by atoms with E-state index in [1.165, 1.54) is 0 Å². The van der Waals surface area contributed by atoms with Gasteiger partial charge in [0, 0.05) is 12.0 Å². The van der Waals surface area contributed by atoms with E-state index in [0.717, 1.165) is 19.3 Å². The van der Waals surface area contributed by atoms with Gasteiger partial charge in [-0.05, 0) is 47.0 Å². The molecule has 16 heavy (non-hydrogen) atoms. The Hall–Kier alpha value is -1.06. The number of ether oxygens (including phenoxy) is 1. The maximum absolute atomic E-state index is 11.5. The number of rotatable bonds is 2. The van der Waals surface area contributed by atoms with Gasteiger partial charge in [-0.1, -0.05) is 0 Å². The average Bonchev–Trinajstić information content (AvgIpc) is 2.48. The SMILES string of the molecule is CC(=O)C1CCC(NC(=O)OC(C)(C)C)C1. The molecular weight excluding hydrogens is 206 g/mol. The lowest BCUT2D eigenvalue weighted by atomic mass is 10.0. The van der Waals surface area contributed by atoms with Crippen molar-refractivity contribution < 1.29 is 14.3 Å². The summed E-state index contributed by atoms with van der Waals surface area (Å²) in [4.78, 5) is 22.6. The predicted octanol–water partition coefficient (Wildman–Crippen LogP) is 2.27. The summed E-state index contributed by atoms with van der Waals surface area (Å²) < 4.78 is 5.16. The molecule has 1 amide bonds. The highest BCUT2D eigenvalue weighted by molar-refractivity contribution is 5.78. The number of amides is 1. The van der Waals surface area contributed by atoms with E-state index >= 15 is 0 Å². The highest BCUT2D eigenvalue weighted by atomic mass is 16.6. The first kappa shape index (κ1) is 13.0. The number of nitrogens with one attached hydrogen (secondary N) is 1. The van der Waals surface area contributed by atoms with Crippen LogP contribution < -0.4 is 5.32 Å². The lowest BCUT2D eigenvalue weighted by Crippen LogP contribution is -2.38. The number of carbonyl (C=O) groups is 2. The van der Waals surface area contributed by atoms with Crippen molar-refractivity contribution in [1.29, 1.82) is 0 Å². The predicted molar refractivity (Wildman–Crippen MR) is 61.2 cm³/mol. The Kier molecular flexibility index (Phi) is 3.94. The fourth-order valence-electron chi connectivity index (χ4n) is 1.96. The van der Waals surface area contributed by atoms with E-state index in [4.69, 9.17) is 4.74 Å². The van der Waals surface area contributed by atoms with E-state index in [1.54, 1.807) is 6.92 Å². The molecule has 4 heteroatoms. The lowest BCUT2D eigenvalue weighted by molar-refractivity contribution is -0.120. The molecule has 0 aromatic carbocycles. The smallest absolute Gasteiger partial charge is 0.407 e. The van der Waals surface area contributed by atoms with Crippen LogP contribution in [0.5, 0.6) is 0 Å². The number of alkyl carbamates (subject to hydrolysis) is 1. The van der Waals surface area contributed by atoms with Crippen LogP contribution in [0.4, 0.5) is 4.79 Å². The standard InChI is InChI=1S/C12H21NO3/c1-8(14)9-5-6-10(7-9)13-11(15)16-12(2,3)4/h9-10H,5-7H2,1-4H3,(H,13,15). The van der Waals surface area contributed by atoms with Crippen molar-refractivity contribution >= 4 is 11.9 Å². The molecule has 1 saturated carbocycles. The van der Waals surface area contributed by atoms with Crippen molar-refractivity contribution in [1.82, 2.24) is 5.32 Å². The zero-order chi connectivity index (χ0) is 12.3. The van der Waals surface area contributed by atoms with Gasteiger partial charge in [0.2, 0.25) is 0 Å². The number of hydrogen-bond donors (Lipinski definition) is 1. The largest absolute Gasteiger partial charge is 0.444 e. The summed E-state index contributed by atoms with van der Waals surface area (Å²) in [5, 5.41) is 2.81. The maximum atomic E-state index is 11.5. The fourth-order valence-corrected chi connectivity index (χ4v) is 1.96. The van der Waals surface area contributed by atoms with Crippen LogP contribution in [0.2, 0.25) is 0 Å². The molecule has 4 nitrogen and oxygen atoms in total. The van der Waals surface area contributed by atoms with Crippen LogP contribution in [0.15, 0.2) is 0 Å². The van der Waals surface area contributed by atoms with Gasteiger partial charge in [-0.3, -0.25) is 4.79 Å². The lowest BCUT2D eigenvalue weighted by Gasteiger charge is -2.21. The minimum absolute atomic E-state index is 0.0868. The summed E-state index contributed by atoms with van der Waals surface area (Å²) in [6, 6.07) is 0.0868. The number of ketones is 1. The van der Waals surface area contributed by atoms with Gasteiger partial charge in [0.05, 0.1) is 0 Å². The Balaban J connectivity index is 2.34. The monoisotopic (exact) mass is 227 g/mol. The van der Waals surface area contributed by atoms with Crippen LogP contribution in [-0.4, -0.2) is 23.5 Å². The molecular formula is C12H21NO3. The van der Waals surface area contributed by atoms with Crippen molar-refractivity contribution in [3.05, 3.63) is 0 Å². The maximum Gasteiger partial charge on any atom is 0.407 e. The zero-order valence-corrected chi connectivity index (χ0v) is 10.5. The Bertz CT molecular complexity index is 280. The van der Waals surface area contributed by atoms with Crippen LogP contribution in [0.25, 0.3) is 0 Å². The van der Waals surface area contributed by atoms with Gasteiger partial charge in [0.15, 0.2) is 0 Å². The Morgan fingerprint density at radius 1 is 1.25 bits per heavy atom. The minimum atomic E-state index is -0.470. The van der Waals surface area contributed by atoms with E-state index in [0.29, 0.717) is 0 Å². The quantitative estimate of drug-likeness (QED) is 0.787. The van der Waals surface area contributed by atoms with E-state index in [9.17, 15) is 9.59 Å². The van der Waals surface area contributed by atoms with Crippen molar-refractivity contribution in [3.63, 3.8) is 0 Å². The third kappa shape index (κ3) is 4.21. The average molecular weight is 227 g/mol. The van der Waals surface area contributed by atoms with Crippen LogP contribution in [0.3, 0.4) is 0 Å². The molecule has 0 aromatic heterocycles. The summed E-state index contributed by atoms with van der Waals surface area (Å²) in [7, 11) is 0. The van der Waals surface area contributed by atoms with Crippen LogP contribution in [0.1, 0.15) is 47.0 Å². The van der Waals surface area contributed by atoms with Gasteiger partial charge >= 0.3 is 6.09 Å². The molecule has 1 rings (SSSR count). The second kappa shape index (κ2) is 4.85. The Morgan fingerprint density at radius 2 is 1.88 bits per heavy atom. The van der Waals surface area contributed by atoms with Crippen molar-refractivity contribution in [3.8, 4) is 0 Å². The second-order valence-electron chi connectivity index (χ2n) is 5.46. The molecule has 0 radical (unpaired) electrons. The normalized spacial score (nSPS) is 25.2. The van der Waals surface area contributed by atoms with Gasteiger partial charge in [0.25, 0.3) is 0 Å². The van der Waals surface area contributed by atoms with Crippen LogP contribution in [0, 0.1) is 5.92 Å². The van der Waals surface area contributed by atoms with Gasteiger partial charge in [-0.2, -0.15) is 0 Å². The number of hydrogen-bond acceptors (Lipinski definition) is 3. The molecule has 2 unspecified atom stereocenters.